The van der Waals surface area contributed by atoms with Crippen molar-refractivity contribution in [2.24, 2.45) is 0 Å². The summed E-state index contributed by atoms with van der Waals surface area (Å²) < 4.78 is 0. The van der Waals surface area contributed by atoms with Crippen LogP contribution in [0.1, 0.15) is 12.8 Å². The van der Waals surface area contributed by atoms with E-state index in [2.05, 4.69) is 4.98 Å². The summed E-state index contributed by atoms with van der Waals surface area (Å²) >= 11 is 6.03. The lowest BCUT2D eigenvalue weighted by Gasteiger charge is -2.24. The van der Waals surface area contributed by atoms with E-state index in [1.165, 1.54) is 0 Å². The van der Waals surface area contributed by atoms with E-state index in [1.807, 2.05) is 23.1 Å². The van der Waals surface area contributed by atoms with Gasteiger partial charge in [0, 0.05) is 28.8 Å². The zero-order chi connectivity index (χ0) is 13.4. The van der Waals surface area contributed by atoms with E-state index in [4.69, 9.17) is 11.6 Å². The van der Waals surface area contributed by atoms with Crippen LogP contribution in [0.3, 0.4) is 0 Å². The number of benzene rings is 1. The first-order valence-corrected chi connectivity index (χ1v) is 6.58. The van der Waals surface area contributed by atoms with Crippen LogP contribution >= 0.6 is 11.6 Å². The van der Waals surface area contributed by atoms with Gasteiger partial charge in [0.05, 0.1) is 5.52 Å². The second kappa shape index (κ2) is 4.70. The number of carbonyl (C=O) groups is 1. The van der Waals surface area contributed by atoms with Gasteiger partial charge in [0.1, 0.15) is 6.04 Å². The van der Waals surface area contributed by atoms with Gasteiger partial charge in [-0.3, -0.25) is 4.98 Å². The standard InChI is InChI=1S/C14H13ClN2O2/c15-9-3-4-11-10(8-9)12(5-6-16-11)17-7-1-2-13(17)14(18)19/h3-6,8,13H,1-2,7H2,(H,18,19)/t13-/m1/s1. The fraction of sp³-hybridized carbons (Fsp3) is 0.286. The highest BCUT2D eigenvalue weighted by Gasteiger charge is 2.31. The molecule has 4 nitrogen and oxygen atoms in total. The van der Waals surface area contributed by atoms with Gasteiger partial charge in [0.25, 0.3) is 0 Å². The Morgan fingerprint density at radius 3 is 3.05 bits per heavy atom. The van der Waals surface area contributed by atoms with Gasteiger partial charge in [-0.1, -0.05) is 11.6 Å². The average molecular weight is 277 g/mol. The van der Waals surface area contributed by atoms with E-state index in [-0.39, 0.29) is 0 Å². The van der Waals surface area contributed by atoms with E-state index in [1.54, 1.807) is 12.3 Å². The van der Waals surface area contributed by atoms with Crippen LogP contribution in [0.2, 0.25) is 5.02 Å². The maximum Gasteiger partial charge on any atom is 0.326 e. The lowest BCUT2D eigenvalue weighted by atomic mass is 10.1. The number of rotatable bonds is 2. The van der Waals surface area contributed by atoms with E-state index in [9.17, 15) is 9.90 Å². The van der Waals surface area contributed by atoms with Crippen molar-refractivity contribution in [3.63, 3.8) is 0 Å². The molecule has 0 bridgehead atoms. The first kappa shape index (κ1) is 12.2. The Bertz CT molecular complexity index is 644. The minimum absolute atomic E-state index is 0.454. The highest BCUT2D eigenvalue weighted by molar-refractivity contribution is 6.31. The van der Waals surface area contributed by atoms with Crippen LogP contribution in [0.15, 0.2) is 30.5 Å². The van der Waals surface area contributed by atoms with Gasteiger partial charge in [-0.05, 0) is 37.1 Å². The Labute approximate surface area is 115 Å². The molecule has 0 unspecified atom stereocenters. The van der Waals surface area contributed by atoms with Crippen LogP contribution in [-0.2, 0) is 4.79 Å². The quantitative estimate of drug-likeness (QED) is 0.916. The molecule has 1 aromatic carbocycles. The maximum absolute atomic E-state index is 11.3. The number of carboxylic acids is 1. The number of aromatic nitrogens is 1. The number of pyridine rings is 1. The third kappa shape index (κ3) is 2.12. The summed E-state index contributed by atoms with van der Waals surface area (Å²) in [7, 11) is 0. The summed E-state index contributed by atoms with van der Waals surface area (Å²) in [5, 5.41) is 10.8. The molecule has 1 saturated heterocycles. The summed E-state index contributed by atoms with van der Waals surface area (Å²) in [6.07, 6.45) is 3.28. The Morgan fingerprint density at radius 1 is 1.42 bits per heavy atom. The van der Waals surface area contributed by atoms with Crippen molar-refractivity contribution >= 4 is 34.2 Å². The monoisotopic (exact) mass is 276 g/mol. The number of aliphatic carboxylic acids is 1. The van der Waals surface area contributed by atoms with E-state index < -0.39 is 12.0 Å². The van der Waals surface area contributed by atoms with Gasteiger partial charge < -0.3 is 10.0 Å². The second-order valence-corrected chi connectivity index (χ2v) is 5.12. The summed E-state index contributed by atoms with van der Waals surface area (Å²) in [6, 6.07) is 6.90. The van der Waals surface area contributed by atoms with E-state index >= 15 is 0 Å². The zero-order valence-electron chi connectivity index (χ0n) is 10.2. The van der Waals surface area contributed by atoms with Crippen molar-refractivity contribution < 1.29 is 9.90 Å². The first-order valence-electron chi connectivity index (χ1n) is 6.20. The molecule has 3 rings (SSSR count). The fourth-order valence-corrected chi connectivity index (χ4v) is 2.84. The van der Waals surface area contributed by atoms with Crippen LogP contribution in [-0.4, -0.2) is 28.6 Å². The minimum Gasteiger partial charge on any atom is -0.480 e. The highest BCUT2D eigenvalue weighted by atomic mass is 35.5. The Morgan fingerprint density at radius 2 is 2.26 bits per heavy atom. The van der Waals surface area contributed by atoms with Crippen molar-refractivity contribution in [3.05, 3.63) is 35.5 Å². The first-order chi connectivity index (χ1) is 9.16. The molecule has 2 aromatic rings. The average Bonchev–Trinajstić information content (AvgIpc) is 2.87. The van der Waals surface area contributed by atoms with Crippen LogP contribution in [0, 0.1) is 0 Å². The third-order valence-electron chi connectivity index (χ3n) is 3.53. The smallest absolute Gasteiger partial charge is 0.326 e. The molecule has 98 valence electrons. The van der Waals surface area contributed by atoms with Crippen molar-refractivity contribution in [2.75, 3.05) is 11.4 Å². The number of carboxylic acid groups (broad SMARTS) is 1. The molecule has 0 radical (unpaired) electrons. The number of hydrogen-bond acceptors (Lipinski definition) is 3. The molecule has 2 heterocycles. The Hall–Kier alpha value is -1.81. The van der Waals surface area contributed by atoms with Crippen LogP contribution in [0.5, 0.6) is 0 Å². The third-order valence-corrected chi connectivity index (χ3v) is 3.76. The highest BCUT2D eigenvalue weighted by Crippen LogP contribution is 2.32. The molecular formula is C14H13ClN2O2. The minimum atomic E-state index is -0.774. The van der Waals surface area contributed by atoms with Gasteiger partial charge >= 0.3 is 5.97 Å². The molecule has 1 N–H and O–H groups in total. The normalized spacial score (nSPS) is 19.0. The number of anilines is 1. The Balaban J connectivity index is 2.14. The van der Waals surface area contributed by atoms with Gasteiger partial charge in [0.2, 0.25) is 0 Å². The molecule has 0 spiro atoms. The summed E-state index contributed by atoms with van der Waals surface area (Å²) in [5.74, 6) is -0.774. The predicted octanol–water partition coefficient (Wildman–Crippen LogP) is 2.94. The zero-order valence-corrected chi connectivity index (χ0v) is 11.0. The largest absolute Gasteiger partial charge is 0.480 e. The van der Waals surface area contributed by atoms with Crippen molar-refractivity contribution in [2.45, 2.75) is 18.9 Å². The van der Waals surface area contributed by atoms with Gasteiger partial charge in [-0.2, -0.15) is 0 Å². The number of hydrogen-bond donors (Lipinski definition) is 1. The molecule has 1 aliphatic rings. The van der Waals surface area contributed by atoms with Crippen LogP contribution in [0.4, 0.5) is 5.69 Å². The topological polar surface area (TPSA) is 53.4 Å². The van der Waals surface area contributed by atoms with Crippen molar-refractivity contribution in [1.82, 2.24) is 4.98 Å². The molecule has 1 atom stereocenters. The lowest BCUT2D eigenvalue weighted by molar-refractivity contribution is -0.138. The van der Waals surface area contributed by atoms with E-state index in [0.717, 1.165) is 29.6 Å². The summed E-state index contributed by atoms with van der Waals surface area (Å²) in [5.41, 5.74) is 1.73. The molecule has 19 heavy (non-hydrogen) atoms. The molecule has 0 aliphatic carbocycles. The SMILES string of the molecule is O=C(O)[C@H]1CCCN1c1ccnc2ccc(Cl)cc12. The van der Waals surface area contributed by atoms with Crippen molar-refractivity contribution in [1.29, 1.82) is 0 Å². The van der Waals surface area contributed by atoms with E-state index in [0.29, 0.717) is 11.4 Å². The van der Waals surface area contributed by atoms with Gasteiger partial charge in [-0.15, -0.1) is 0 Å². The second-order valence-electron chi connectivity index (χ2n) is 4.68. The fourth-order valence-electron chi connectivity index (χ4n) is 2.67. The summed E-state index contributed by atoms with van der Waals surface area (Å²) in [6.45, 7) is 0.753. The van der Waals surface area contributed by atoms with Crippen LogP contribution < -0.4 is 4.90 Å². The molecule has 1 aromatic heterocycles. The maximum atomic E-state index is 11.3. The molecule has 1 aliphatic heterocycles. The molecule has 0 saturated carbocycles. The predicted molar refractivity (Wildman–Crippen MR) is 74.8 cm³/mol. The summed E-state index contributed by atoms with van der Waals surface area (Å²) in [4.78, 5) is 17.5. The number of fused-ring (bicyclic) bond motifs is 1. The van der Waals surface area contributed by atoms with Crippen molar-refractivity contribution in [3.8, 4) is 0 Å². The molecular weight excluding hydrogens is 264 g/mol. The number of nitrogens with zero attached hydrogens (tertiary/aromatic N) is 2. The molecule has 1 fully saturated rings. The Kier molecular flexibility index (Phi) is 3.03. The molecule has 5 heteroatoms. The number of halogens is 1. The van der Waals surface area contributed by atoms with Crippen LogP contribution in [0.25, 0.3) is 10.9 Å². The lowest BCUT2D eigenvalue weighted by Crippen LogP contribution is -2.36. The molecule has 0 amide bonds. The van der Waals surface area contributed by atoms with Gasteiger partial charge in [0.15, 0.2) is 0 Å². The van der Waals surface area contributed by atoms with Gasteiger partial charge in [-0.25, -0.2) is 4.79 Å².